The minimum atomic E-state index is -1.64. The topological polar surface area (TPSA) is 76.4 Å². The van der Waals surface area contributed by atoms with Gasteiger partial charge >= 0.3 is 0 Å². The molecule has 17 heavy (non-hydrogen) atoms. The second-order valence-corrected chi connectivity index (χ2v) is 3.55. The maximum Gasteiger partial charge on any atom is 0.194 e. The summed E-state index contributed by atoms with van der Waals surface area (Å²) in [7, 11) is 0. The van der Waals surface area contributed by atoms with Gasteiger partial charge in [0.2, 0.25) is 0 Å². The van der Waals surface area contributed by atoms with Crippen molar-refractivity contribution in [2.24, 2.45) is 16.5 Å². The molecule has 0 spiro atoms. The van der Waals surface area contributed by atoms with Gasteiger partial charge in [0.25, 0.3) is 0 Å². The molecule has 1 aliphatic heterocycles. The van der Waals surface area contributed by atoms with Crippen molar-refractivity contribution < 1.29 is 13.2 Å². The summed E-state index contributed by atoms with van der Waals surface area (Å²) < 4.78 is 39.4. The van der Waals surface area contributed by atoms with Gasteiger partial charge in [-0.1, -0.05) is 0 Å². The van der Waals surface area contributed by atoms with Gasteiger partial charge in [0, 0.05) is 11.6 Å². The predicted molar refractivity (Wildman–Crippen MR) is 56.1 cm³/mol. The highest BCUT2D eigenvalue weighted by molar-refractivity contribution is 5.61. The van der Waals surface area contributed by atoms with E-state index in [0.29, 0.717) is 0 Å². The summed E-state index contributed by atoms with van der Waals surface area (Å²) in [5, 5.41) is 2.53. The highest BCUT2D eigenvalue weighted by atomic mass is 19.2. The molecule has 1 heterocycles. The Bertz CT molecular complexity index is 527. The standard InChI is InChI=1S/C10H9F3N4/c11-6-2-1-5(8(12)9(6)13)10(15)3-7(14)16-4-17-10/h1-4H,14-15H2,(H,16,17). The molecule has 2 rings (SSSR count). The predicted octanol–water partition coefficient (Wildman–Crippen LogP) is 0.647. The maximum absolute atomic E-state index is 13.6. The minimum Gasteiger partial charge on any atom is -0.385 e. The van der Waals surface area contributed by atoms with Crippen LogP contribution in [0, 0.1) is 17.5 Å². The average Bonchev–Trinajstić information content (AvgIpc) is 2.25. The molecule has 0 fully saturated rings. The summed E-state index contributed by atoms with van der Waals surface area (Å²) in [5.74, 6) is -4.11. The Morgan fingerprint density at radius 3 is 2.53 bits per heavy atom. The number of hydrogen-bond donors (Lipinski definition) is 3. The van der Waals surface area contributed by atoms with Crippen LogP contribution in [0.15, 0.2) is 29.0 Å². The van der Waals surface area contributed by atoms with E-state index >= 15 is 0 Å². The van der Waals surface area contributed by atoms with E-state index in [-0.39, 0.29) is 11.4 Å². The number of benzene rings is 1. The molecule has 1 aromatic carbocycles. The van der Waals surface area contributed by atoms with Crippen molar-refractivity contribution in [3.8, 4) is 0 Å². The molecule has 0 radical (unpaired) electrons. The van der Waals surface area contributed by atoms with Crippen molar-refractivity contribution in [2.45, 2.75) is 5.66 Å². The SMILES string of the molecule is NC1=CC(N)(c2ccc(F)c(F)c2F)N=CN1. The van der Waals surface area contributed by atoms with Gasteiger partial charge in [0.1, 0.15) is 5.82 Å². The number of nitrogens with zero attached hydrogens (tertiary/aromatic N) is 1. The van der Waals surface area contributed by atoms with Crippen LogP contribution in [0.4, 0.5) is 13.2 Å². The van der Waals surface area contributed by atoms with Gasteiger partial charge in [-0.05, 0) is 12.1 Å². The number of rotatable bonds is 1. The van der Waals surface area contributed by atoms with Crippen LogP contribution in [-0.4, -0.2) is 6.34 Å². The van der Waals surface area contributed by atoms with Crippen LogP contribution in [0.1, 0.15) is 5.56 Å². The van der Waals surface area contributed by atoms with Crippen LogP contribution in [0.3, 0.4) is 0 Å². The van der Waals surface area contributed by atoms with Gasteiger partial charge in [0.15, 0.2) is 23.1 Å². The Hall–Kier alpha value is -2.02. The number of halogens is 3. The zero-order valence-corrected chi connectivity index (χ0v) is 8.55. The lowest BCUT2D eigenvalue weighted by molar-refractivity contribution is 0.423. The zero-order valence-electron chi connectivity index (χ0n) is 8.55. The van der Waals surface area contributed by atoms with E-state index in [1.807, 2.05) is 0 Å². The summed E-state index contributed by atoms with van der Waals surface area (Å²) in [6.45, 7) is 0. The number of hydrogen-bond acceptors (Lipinski definition) is 4. The van der Waals surface area contributed by atoms with E-state index in [0.717, 1.165) is 18.5 Å². The average molecular weight is 242 g/mol. The summed E-state index contributed by atoms with van der Waals surface area (Å²) in [5.41, 5.74) is 9.28. The van der Waals surface area contributed by atoms with Crippen LogP contribution in [0.5, 0.6) is 0 Å². The molecule has 1 unspecified atom stereocenters. The molecule has 90 valence electrons. The van der Waals surface area contributed by atoms with Crippen LogP contribution >= 0.6 is 0 Å². The third-order valence-corrected chi connectivity index (χ3v) is 2.35. The van der Waals surface area contributed by atoms with E-state index in [4.69, 9.17) is 11.5 Å². The minimum absolute atomic E-state index is 0.145. The van der Waals surface area contributed by atoms with Crippen molar-refractivity contribution in [2.75, 3.05) is 0 Å². The van der Waals surface area contributed by atoms with Crippen molar-refractivity contribution in [1.82, 2.24) is 5.32 Å². The van der Waals surface area contributed by atoms with Crippen molar-refractivity contribution >= 4 is 6.34 Å². The van der Waals surface area contributed by atoms with Crippen molar-refractivity contribution in [1.29, 1.82) is 0 Å². The highest BCUT2D eigenvalue weighted by Crippen LogP contribution is 2.28. The summed E-state index contributed by atoms with van der Waals surface area (Å²) in [4.78, 5) is 3.77. The van der Waals surface area contributed by atoms with Gasteiger partial charge in [-0.25, -0.2) is 18.2 Å². The lowest BCUT2D eigenvalue weighted by Gasteiger charge is -2.26. The molecule has 0 bridgehead atoms. The highest BCUT2D eigenvalue weighted by Gasteiger charge is 2.31. The van der Waals surface area contributed by atoms with E-state index in [9.17, 15) is 13.2 Å². The second kappa shape index (κ2) is 3.77. The molecule has 7 heteroatoms. The third-order valence-electron chi connectivity index (χ3n) is 2.35. The molecule has 1 atom stereocenters. The summed E-state index contributed by atoms with van der Waals surface area (Å²) in [6.07, 6.45) is 2.37. The molecule has 0 aromatic heterocycles. The van der Waals surface area contributed by atoms with Crippen molar-refractivity contribution in [3.63, 3.8) is 0 Å². The van der Waals surface area contributed by atoms with Crippen LogP contribution in [-0.2, 0) is 5.66 Å². The number of aliphatic imine (C=N–C) groups is 1. The summed E-state index contributed by atoms with van der Waals surface area (Å²) >= 11 is 0. The fraction of sp³-hybridized carbons (Fsp3) is 0.100. The molecular weight excluding hydrogens is 233 g/mol. The Labute approximate surface area is 94.8 Å². The Kier molecular flexibility index (Phi) is 2.55. The number of nitrogens with two attached hydrogens (primary N) is 2. The second-order valence-electron chi connectivity index (χ2n) is 3.55. The van der Waals surface area contributed by atoms with Crippen LogP contribution in [0.2, 0.25) is 0 Å². The normalized spacial score (nSPS) is 23.2. The van der Waals surface area contributed by atoms with E-state index in [2.05, 4.69) is 10.3 Å². The Morgan fingerprint density at radius 2 is 1.88 bits per heavy atom. The monoisotopic (exact) mass is 242 g/mol. The van der Waals surface area contributed by atoms with Crippen LogP contribution < -0.4 is 16.8 Å². The molecule has 4 nitrogen and oxygen atoms in total. The first-order chi connectivity index (χ1) is 7.94. The molecule has 0 aliphatic carbocycles. The number of nitrogens with one attached hydrogen (secondary N) is 1. The molecule has 1 aliphatic rings. The van der Waals surface area contributed by atoms with Gasteiger partial charge in [0.05, 0.1) is 6.34 Å². The first kappa shape index (κ1) is 11.5. The van der Waals surface area contributed by atoms with Crippen LogP contribution in [0.25, 0.3) is 0 Å². The van der Waals surface area contributed by atoms with Gasteiger partial charge in [-0.3, -0.25) is 5.73 Å². The lowest BCUT2D eigenvalue weighted by Crippen LogP contribution is -2.40. The maximum atomic E-state index is 13.6. The fourth-order valence-electron chi connectivity index (χ4n) is 1.51. The Balaban J connectivity index is 2.58. The van der Waals surface area contributed by atoms with Gasteiger partial charge in [-0.2, -0.15) is 0 Å². The molecule has 0 amide bonds. The quantitative estimate of drug-likeness (QED) is 0.633. The molecular formula is C10H9F3N4. The molecule has 0 saturated heterocycles. The van der Waals surface area contributed by atoms with E-state index < -0.39 is 23.1 Å². The van der Waals surface area contributed by atoms with Gasteiger partial charge < -0.3 is 11.1 Å². The smallest absolute Gasteiger partial charge is 0.194 e. The first-order valence-electron chi connectivity index (χ1n) is 4.65. The fourth-order valence-corrected chi connectivity index (χ4v) is 1.51. The lowest BCUT2D eigenvalue weighted by atomic mass is 9.99. The zero-order chi connectivity index (χ0) is 12.6. The Morgan fingerprint density at radius 1 is 1.18 bits per heavy atom. The van der Waals surface area contributed by atoms with E-state index in [1.165, 1.54) is 6.08 Å². The van der Waals surface area contributed by atoms with Gasteiger partial charge in [-0.15, -0.1) is 0 Å². The third kappa shape index (κ3) is 1.84. The molecule has 1 aromatic rings. The largest absolute Gasteiger partial charge is 0.385 e. The first-order valence-corrected chi connectivity index (χ1v) is 4.65. The van der Waals surface area contributed by atoms with Crippen molar-refractivity contribution in [3.05, 3.63) is 47.0 Å². The molecule has 0 saturated carbocycles. The molecule has 5 N–H and O–H groups in total. The summed E-state index contributed by atoms with van der Waals surface area (Å²) in [6, 6.07) is 1.81. The van der Waals surface area contributed by atoms with E-state index in [1.54, 1.807) is 0 Å².